The SMILES string of the molecule is CC(C)(C)c1ccnc(-c2[c-]cc3oc4ccccc4c3c2)c1.[Ir]. The van der Waals surface area contributed by atoms with E-state index in [-0.39, 0.29) is 25.5 Å². The number of para-hydroxylation sites is 1. The zero-order valence-corrected chi connectivity index (χ0v) is 16.3. The number of pyridine rings is 1. The van der Waals surface area contributed by atoms with Crippen molar-refractivity contribution in [2.45, 2.75) is 26.2 Å². The fraction of sp³-hybridized carbons (Fsp3) is 0.190. The van der Waals surface area contributed by atoms with Crippen molar-refractivity contribution in [1.82, 2.24) is 4.98 Å². The Morgan fingerprint density at radius 2 is 1.75 bits per heavy atom. The molecule has 3 heteroatoms. The summed E-state index contributed by atoms with van der Waals surface area (Å²) in [6.45, 7) is 6.63. The Morgan fingerprint density at radius 3 is 2.54 bits per heavy atom. The van der Waals surface area contributed by atoms with Gasteiger partial charge in [0.05, 0.1) is 5.58 Å². The molecular formula is C21H18IrNO-. The molecule has 0 atom stereocenters. The summed E-state index contributed by atoms with van der Waals surface area (Å²) in [4.78, 5) is 4.53. The van der Waals surface area contributed by atoms with Crippen LogP contribution in [0.4, 0.5) is 0 Å². The average Bonchev–Trinajstić information content (AvgIpc) is 2.92. The fourth-order valence-corrected chi connectivity index (χ4v) is 2.86. The molecule has 4 rings (SSSR count). The van der Waals surface area contributed by atoms with Crippen molar-refractivity contribution in [2.75, 3.05) is 0 Å². The molecule has 0 fully saturated rings. The number of fused-ring (bicyclic) bond motifs is 3. The molecule has 4 aromatic rings. The van der Waals surface area contributed by atoms with Gasteiger partial charge in [-0.3, -0.25) is 0 Å². The molecule has 0 unspecified atom stereocenters. The normalized spacial score (nSPS) is 11.6. The maximum Gasteiger partial charge on any atom is 0.120 e. The first-order valence-electron chi connectivity index (χ1n) is 7.82. The Balaban J connectivity index is 0.00000169. The summed E-state index contributed by atoms with van der Waals surface area (Å²) in [7, 11) is 0. The third-order valence-electron chi connectivity index (χ3n) is 4.21. The quantitative estimate of drug-likeness (QED) is 0.317. The van der Waals surface area contributed by atoms with Gasteiger partial charge in [-0.25, -0.2) is 0 Å². The number of furan rings is 1. The van der Waals surface area contributed by atoms with Crippen molar-refractivity contribution < 1.29 is 24.5 Å². The van der Waals surface area contributed by atoms with Crippen molar-refractivity contribution in [3.05, 3.63) is 66.4 Å². The van der Waals surface area contributed by atoms with Gasteiger partial charge >= 0.3 is 0 Å². The van der Waals surface area contributed by atoms with Crippen LogP contribution < -0.4 is 0 Å². The largest absolute Gasteiger partial charge is 0.500 e. The standard InChI is InChI=1S/C21H18NO.Ir/c1-21(2,3)15-10-11-22-18(13-15)14-8-9-20-17(12-14)16-6-4-5-7-19(16)23-20;/h4-7,9-13H,1-3H3;/q-1;. The molecule has 0 spiro atoms. The van der Waals surface area contributed by atoms with Gasteiger partial charge in [0.15, 0.2) is 0 Å². The van der Waals surface area contributed by atoms with E-state index >= 15 is 0 Å². The molecule has 0 bridgehead atoms. The number of aromatic nitrogens is 1. The van der Waals surface area contributed by atoms with Gasteiger partial charge in [0, 0.05) is 31.7 Å². The van der Waals surface area contributed by atoms with Crippen LogP contribution in [0.2, 0.25) is 0 Å². The fourth-order valence-electron chi connectivity index (χ4n) is 2.86. The van der Waals surface area contributed by atoms with Gasteiger partial charge in [0.2, 0.25) is 0 Å². The monoisotopic (exact) mass is 493 g/mol. The first kappa shape index (κ1) is 16.9. The number of rotatable bonds is 1. The summed E-state index contributed by atoms with van der Waals surface area (Å²) in [5.74, 6) is 0. The first-order chi connectivity index (χ1) is 11.0. The van der Waals surface area contributed by atoms with Crippen LogP contribution in [0.3, 0.4) is 0 Å². The second-order valence-electron chi connectivity index (χ2n) is 6.90. The van der Waals surface area contributed by atoms with Crippen molar-refractivity contribution >= 4 is 21.9 Å². The number of nitrogens with zero attached hydrogens (tertiary/aromatic N) is 1. The molecule has 24 heavy (non-hydrogen) atoms. The Bertz CT molecular complexity index is 1010. The minimum atomic E-state index is 0. The van der Waals surface area contributed by atoms with E-state index in [1.165, 1.54) is 5.56 Å². The summed E-state index contributed by atoms with van der Waals surface area (Å²) < 4.78 is 5.87. The van der Waals surface area contributed by atoms with Gasteiger partial charge in [-0.1, -0.05) is 50.4 Å². The molecule has 123 valence electrons. The van der Waals surface area contributed by atoms with Crippen molar-refractivity contribution in [1.29, 1.82) is 0 Å². The summed E-state index contributed by atoms with van der Waals surface area (Å²) in [5, 5.41) is 2.24. The second kappa shape index (κ2) is 6.16. The van der Waals surface area contributed by atoms with E-state index in [1.807, 2.05) is 30.5 Å². The summed E-state index contributed by atoms with van der Waals surface area (Å²) in [5.41, 5.74) is 5.09. The molecule has 2 aromatic carbocycles. The molecule has 0 aliphatic rings. The molecule has 0 saturated carbocycles. The number of benzene rings is 2. The van der Waals surface area contributed by atoms with E-state index in [0.29, 0.717) is 0 Å². The van der Waals surface area contributed by atoms with Gasteiger partial charge in [-0.15, -0.1) is 23.8 Å². The summed E-state index contributed by atoms with van der Waals surface area (Å²) in [6.07, 6.45) is 1.88. The van der Waals surface area contributed by atoms with Crippen LogP contribution in [0.25, 0.3) is 33.2 Å². The summed E-state index contributed by atoms with van der Waals surface area (Å²) in [6, 6.07) is 19.7. The van der Waals surface area contributed by atoms with Crippen LogP contribution >= 0.6 is 0 Å². The van der Waals surface area contributed by atoms with Gasteiger partial charge in [-0.05, 0) is 28.8 Å². The van der Waals surface area contributed by atoms with Gasteiger partial charge in [0.25, 0.3) is 0 Å². The average molecular weight is 493 g/mol. The van der Waals surface area contributed by atoms with Crippen LogP contribution in [-0.2, 0) is 25.5 Å². The van der Waals surface area contributed by atoms with Gasteiger partial charge in [0.1, 0.15) is 5.58 Å². The Labute approximate surface area is 155 Å². The van der Waals surface area contributed by atoms with E-state index < -0.39 is 0 Å². The van der Waals surface area contributed by atoms with Crippen molar-refractivity contribution in [3.8, 4) is 11.3 Å². The maximum atomic E-state index is 5.87. The van der Waals surface area contributed by atoms with Crippen LogP contribution in [0.15, 0.2) is 59.1 Å². The van der Waals surface area contributed by atoms with Crippen LogP contribution in [-0.4, -0.2) is 4.98 Å². The van der Waals surface area contributed by atoms with Crippen molar-refractivity contribution in [2.24, 2.45) is 0 Å². The van der Waals surface area contributed by atoms with Gasteiger partial charge < -0.3 is 9.40 Å². The van der Waals surface area contributed by atoms with Gasteiger partial charge in [-0.2, -0.15) is 0 Å². The predicted molar refractivity (Wildman–Crippen MR) is 94.5 cm³/mol. The third-order valence-corrected chi connectivity index (χ3v) is 4.21. The van der Waals surface area contributed by atoms with Crippen LogP contribution in [0.1, 0.15) is 26.3 Å². The van der Waals surface area contributed by atoms with Crippen LogP contribution in [0, 0.1) is 6.07 Å². The van der Waals surface area contributed by atoms with Crippen LogP contribution in [0.5, 0.6) is 0 Å². The zero-order chi connectivity index (χ0) is 16.0. The molecule has 0 aliphatic heterocycles. The van der Waals surface area contributed by atoms with E-state index in [0.717, 1.165) is 33.2 Å². The topological polar surface area (TPSA) is 26.0 Å². The van der Waals surface area contributed by atoms with E-state index in [4.69, 9.17) is 4.42 Å². The molecule has 0 amide bonds. The molecule has 2 aromatic heterocycles. The molecule has 0 saturated heterocycles. The summed E-state index contributed by atoms with van der Waals surface area (Å²) >= 11 is 0. The Kier molecular flexibility index (Phi) is 4.33. The first-order valence-corrected chi connectivity index (χ1v) is 7.82. The molecule has 2 nitrogen and oxygen atoms in total. The molecule has 0 aliphatic carbocycles. The number of hydrogen-bond acceptors (Lipinski definition) is 2. The van der Waals surface area contributed by atoms with E-state index in [2.05, 4.69) is 56.1 Å². The molecular weight excluding hydrogens is 474 g/mol. The van der Waals surface area contributed by atoms with E-state index in [9.17, 15) is 0 Å². The molecule has 0 N–H and O–H groups in total. The number of hydrogen-bond donors (Lipinski definition) is 0. The maximum absolute atomic E-state index is 5.87. The smallest absolute Gasteiger partial charge is 0.120 e. The zero-order valence-electron chi connectivity index (χ0n) is 13.9. The Hall–Kier alpha value is -1.96. The minimum Gasteiger partial charge on any atom is -0.500 e. The van der Waals surface area contributed by atoms with Crippen molar-refractivity contribution in [3.63, 3.8) is 0 Å². The third kappa shape index (κ3) is 2.90. The van der Waals surface area contributed by atoms with E-state index in [1.54, 1.807) is 0 Å². The second-order valence-corrected chi connectivity index (χ2v) is 6.90. The molecule has 2 heterocycles. The minimum absolute atomic E-state index is 0. The molecule has 1 radical (unpaired) electrons. The predicted octanol–water partition coefficient (Wildman–Crippen LogP) is 5.74. The Morgan fingerprint density at radius 1 is 0.958 bits per heavy atom.